The molecule has 3 heteroatoms. The number of ether oxygens (including phenoxy) is 1. The van der Waals surface area contributed by atoms with Crippen molar-refractivity contribution in [2.75, 3.05) is 0 Å². The molecule has 22 heavy (non-hydrogen) atoms. The molecule has 0 bridgehead atoms. The highest BCUT2D eigenvalue weighted by Gasteiger charge is 2.12. The number of aryl methyl sites for hydroxylation is 1. The molecule has 0 fully saturated rings. The summed E-state index contributed by atoms with van der Waals surface area (Å²) in [6, 6.07) is 14.6. The van der Waals surface area contributed by atoms with Crippen molar-refractivity contribution in [1.29, 1.82) is 0 Å². The summed E-state index contributed by atoms with van der Waals surface area (Å²) in [7, 11) is 0. The largest absolute Gasteiger partial charge is 0.487 e. The van der Waals surface area contributed by atoms with Gasteiger partial charge in [0, 0.05) is 28.7 Å². The number of rotatable bonds is 4. The smallest absolute Gasteiger partial charge is 0.138 e. The Morgan fingerprint density at radius 2 is 1.91 bits per heavy atom. The molecule has 0 saturated carbocycles. The second-order valence-corrected chi connectivity index (χ2v) is 6.30. The predicted molar refractivity (Wildman–Crippen MR) is 92.8 cm³/mol. The third-order valence-electron chi connectivity index (χ3n) is 3.85. The summed E-state index contributed by atoms with van der Waals surface area (Å²) in [6.07, 6.45) is 2.19. The first-order valence-corrected chi connectivity index (χ1v) is 7.91. The molecule has 0 unspecified atom stereocenters. The van der Waals surface area contributed by atoms with Crippen molar-refractivity contribution in [2.24, 2.45) is 0 Å². The second kappa shape index (κ2) is 6.05. The van der Waals surface area contributed by atoms with Crippen molar-refractivity contribution in [1.82, 2.24) is 4.57 Å². The minimum atomic E-state index is 0.416. The summed E-state index contributed by atoms with van der Waals surface area (Å²) < 4.78 is 8.21. The lowest BCUT2D eigenvalue weighted by molar-refractivity contribution is 0.307. The van der Waals surface area contributed by atoms with Crippen LogP contribution in [0, 0.1) is 6.92 Å². The molecule has 0 radical (unpaired) electrons. The van der Waals surface area contributed by atoms with Crippen LogP contribution in [0.3, 0.4) is 0 Å². The molecule has 2 aromatic carbocycles. The first-order valence-electron chi connectivity index (χ1n) is 7.53. The normalized spacial score (nSPS) is 11.3. The average Bonchev–Trinajstić information content (AvgIpc) is 2.84. The molecule has 0 aliphatic heterocycles. The van der Waals surface area contributed by atoms with Gasteiger partial charge in [0.25, 0.3) is 0 Å². The molecule has 1 heterocycles. The van der Waals surface area contributed by atoms with Gasteiger partial charge in [0.15, 0.2) is 0 Å². The molecular weight excluding hydrogens is 294 g/mol. The van der Waals surface area contributed by atoms with Gasteiger partial charge in [-0.2, -0.15) is 0 Å². The minimum absolute atomic E-state index is 0.416. The number of fused-ring (bicyclic) bond motifs is 1. The molecule has 0 aliphatic carbocycles. The van der Waals surface area contributed by atoms with Crippen molar-refractivity contribution < 1.29 is 4.74 Å². The van der Waals surface area contributed by atoms with Gasteiger partial charge in [-0.3, -0.25) is 0 Å². The summed E-state index contributed by atoms with van der Waals surface area (Å²) in [5, 5.41) is 1.90. The molecule has 3 aromatic rings. The molecular formula is C19H20ClNO. The van der Waals surface area contributed by atoms with E-state index in [0.29, 0.717) is 17.7 Å². The van der Waals surface area contributed by atoms with Crippen molar-refractivity contribution in [3.05, 3.63) is 64.8 Å². The van der Waals surface area contributed by atoms with Crippen molar-refractivity contribution >= 4 is 22.5 Å². The Morgan fingerprint density at radius 1 is 1.14 bits per heavy atom. The monoisotopic (exact) mass is 313 g/mol. The molecule has 1 aromatic heterocycles. The predicted octanol–water partition coefficient (Wildman–Crippen LogP) is 5.76. The van der Waals surface area contributed by atoms with Gasteiger partial charge in [0.05, 0.1) is 5.02 Å². The summed E-state index contributed by atoms with van der Waals surface area (Å²) in [6.45, 7) is 7.02. The maximum atomic E-state index is 6.16. The maximum Gasteiger partial charge on any atom is 0.138 e. The Morgan fingerprint density at radius 3 is 2.64 bits per heavy atom. The van der Waals surface area contributed by atoms with Crippen LogP contribution < -0.4 is 4.74 Å². The summed E-state index contributed by atoms with van der Waals surface area (Å²) in [4.78, 5) is 0. The lowest BCUT2D eigenvalue weighted by Crippen LogP contribution is -1.98. The molecule has 0 atom stereocenters. The van der Waals surface area contributed by atoms with E-state index in [0.717, 1.165) is 5.75 Å². The Hall–Kier alpha value is -1.93. The number of hydrogen-bond donors (Lipinski definition) is 0. The molecule has 0 aliphatic rings. The summed E-state index contributed by atoms with van der Waals surface area (Å²) >= 11 is 6.16. The van der Waals surface area contributed by atoms with Crippen molar-refractivity contribution in [3.63, 3.8) is 0 Å². The van der Waals surface area contributed by atoms with Crippen LogP contribution in [0.2, 0.25) is 5.02 Å². The fourth-order valence-electron chi connectivity index (χ4n) is 2.70. The standard InChI is InChI=1S/C19H20ClNO/c1-13(2)21-11-15(16-10-14(3)8-9-18(16)21)12-22-19-7-5-4-6-17(19)20/h4-11,13H,12H2,1-3H3. The van der Waals surface area contributed by atoms with Gasteiger partial charge in [-0.15, -0.1) is 0 Å². The first-order chi connectivity index (χ1) is 10.6. The second-order valence-electron chi connectivity index (χ2n) is 5.90. The number of para-hydroxylation sites is 1. The highest BCUT2D eigenvalue weighted by molar-refractivity contribution is 6.32. The SMILES string of the molecule is Cc1ccc2c(c1)c(COc1ccccc1Cl)cn2C(C)C. The van der Waals surface area contributed by atoms with E-state index in [2.05, 4.69) is 49.7 Å². The van der Waals surface area contributed by atoms with Crippen LogP contribution in [-0.4, -0.2) is 4.57 Å². The van der Waals surface area contributed by atoms with Gasteiger partial charge >= 0.3 is 0 Å². The van der Waals surface area contributed by atoms with Gasteiger partial charge in [0.1, 0.15) is 12.4 Å². The fraction of sp³-hybridized carbons (Fsp3) is 0.263. The highest BCUT2D eigenvalue weighted by Crippen LogP contribution is 2.29. The molecule has 0 saturated heterocycles. The third-order valence-corrected chi connectivity index (χ3v) is 4.16. The summed E-state index contributed by atoms with van der Waals surface area (Å²) in [5.74, 6) is 0.724. The molecule has 3 rings (SSSR count). The Labute approximate surface area is 136 Å². The van der Waals surface area contributed by atoms with E-state index in [4.69, 9.17) is 16.3 Å². The molecule has 114 valence electrons. The van der Waals surface area contributed by atoms with Gasteiger partial charge in [-0.25, -0.2) is 0 Å². The van der Waals surface area contributed by atoms with Crippen LogP contribution in [-0.2, 0) is 6.61 Å². The topological polar surface area (TPSA) is 14.2 Å². The third kappa shape index (κ3) is 2.84. The number of halogens is 1. The van der Waals surface area contributed by atoms with E-state index < -0.39 is 0 Å². The van der Waals surface area contributed by atoms with E-state index in [1.54, 1.807) is 0 Å². The van der Waals surface area contributed by atoms with Crippen LogP contribution >= 0.6 is 11.6 Å². The van der Waals surface area contributed by atoms with Gasteiger partial charge in [-0.05, 0) is 45.0 Å². The first kappa shape index (κ1) is 15.0. The molecule has 2 nitrogen and oxygen atoms in total. The lowest BCUT2D eigenvalue weighted by atomic mass is 10.1. The minimum Gasteiger partial charge on any atom is -0.487 e. The van der Waals surface area contributed by atoms with E-state index >= 15 is 0 Å². The van der Waals surface area contributed by atoms with Crippen LogP contribution in [0.25, 0.3) is 10.9 Å². The van der Waals surface area contributed by atoms with Crippen LogP contribution in [0.4, 0.5) is 0 Å². The molecule has 0 spiro atoms. The number of nitrogens with zero attached hydrogens (tertiary/aromatic N) is 1. The number of hydrogen-bond acceptors (Lipinski definition) is 1. The Bertz CT molecular complexity index is 804. The quantitative estimate of drug-likeness (QED) is 0.597. The van der Waals surface area contributed by atoms with Gasteiger partial charge in [0.2, 0.25) is 0 Å². The van der Waals surface area contributed by atoms with E-state index in [-0.39, 0.29) is 0 Å². The van der Waals surface area contributed by atoms with E-state index in [1.807, 2.05) is 24.3 Å². The zero-order valence-corrected chi connectivity index (χ0v) is 13.9. The molecule has 0 N–H and O–H groups in total. The Balaban J connectivity index is 1.96. The average molecular weight is 314 g/mol. The van der Waals surface area contributed by atoms with Crippen LogP contribution in [0.1, 0.15) is 31.0 Å². The van der Waals surface area contributed by atoms with Crippen LogP contribution in [0.15, 0.2) is 48.7 Å². The summed E-state index contributed by atoms with van der Waals surface area (Å²) in [5.41, 5.74) is 3.69. The molecule has 0 amide bonds. The van der Waals surface area contributed by atoms with Crippen molar-refractivity contribution in [3.8, 4) is 5.75 Å². The zero-order chi connectivity index (χ0) is 15.7. The zero-order valence-electron chi connectivity index (χ0n) is 13.1. The van der Waals surface area contributed by atoms with Gasteiger partial charge in [-0.1, -0.05) is 35.4 Å². The number of aromatic nitrogens is 1. The lowest BCUT2D eigenvalue weighted by Gasteiger charge is -2.08. The van der Waals surface area contributed by atoms with E-state index in [9.17, 15) is 0 Å². The fourth-order valence-corrected chi connectivity index (χ4v) is 2.89. The van der Waals surface area contributed by atoms with Crippen LogP contribution in [0.5, 0.6) is 5.75 Å². The Kier molecular flexibility index (Phi) is 4.12. The highest BCUT2D eigenvalue weighted by atomic mass is 35.5. The maximum absolute atomic E-state index is 6.16. The van der Waals surface area contributed by atoms with E-state index in [1.165, 1.54) is 22.0 Å². The van der Waals surface area contributed by atoms with Crippen molar-refractivity contribution in [2.45, 2.75) is 33.4 Å². The number of benzene rings is 2. The van der Waals surface area contributed by atoms with Gasteiger partial charge < -0.3 is 9.30 Å².